The number of fused-ring (bicyclic) bond motifs is 2. The van der Waals surface area contributed by atoms with Crippen LogP contribution in [0.25, 0.3) is 0 Å². The standard InChI is InChI=1S/C26H35FN2O6/c1-13(2)28-25(31)22-15-4-5-16(10-15)23(22)29-24(30)18-11-21(19(27)12-20(18)34-3)35-17-8-6-14(7-9-17)26(32)33/h11-17,22-23H,4-10H2,1-3H3,(H,28,31)(H,29,30)(H,32,33)/t14-,15-,16+,17+,22+,23-/m1/s1. The summed E-state index contributed by atoms with van der Waals surface area (Å²) in [6.45, 7) is 3.83. The number of carboxylic acids is 1. The summed E-state index contributed by atoms with van der Waals surface area (Å²) < 4.78 is 25.9. The maximum atomic E-state index is 14.8. The molecule has 0 unspecified atom stereocenters. The highest BCUT2D eigenvalue weighted by molar-refractivity contribution is 5.98. The first kappa shape index (κ1) is 25.3. The van der Waals surface area contributed by atoms with E-state index in [1.807, 2.05) is 13.8 Å². The van der Waals surface area contributed by atoms with E-state index >= 15 is 0 Å². The van der Waals surface area contributed by atoms with Crippen molar-refractivity contribution in [2.45, 2.75) is 77.0 Å². The highest BCUT2D eigenvalue weighted by Crippen LogP contribution is 2.49. The second kappa shape index (κ2) is 10.4. The van der Waals surface area contributed by atoms with E-state index < -0.39 is 23.6 Å². The Morgan fingerprint density at radius 3 is 2.34 bits per heavy atom. The molecule has 0 radical (unpaired) electrons. The molecule has 0 aliphatic heterocycles. The van der Waals surface area contributed by atoms with Gasteiger partial charge >= 0.3 is 5.97 Å². The minimum atomic E-state index is -0.820. The molecule has 1 aromatic carbocycles. The van der Waals surface area contributed by atoms with Crippen molar-refractivity contribution in [3.63, 3.8) is 0 Å². The molecule has 9 heteroatoms. The summed E-state index contributed by atoms with van der Waals surface area (Å²) in [6, 6.07) is 2.21. The lowest BCUT2D eigenvalue weighted by atomic mass is 9.83. The molecule has 1 aromatic rings. The summed E-state index contributed by atoms with van der Waals surface area (Å²) in [5.74, 6) is -2.11. The fourth-order valence-electron chi connectivity index (χ4n) is 6.07. The Morgan fingerprint density at radius 1 is 1.03 bits per heavy atom. The average Bonchev–Trinajstić information content (AvgIpc) is 3.41. The third kappa shape index (κ3) is 5.38. The van der Waals surface area contributed by atoms with E-state index in [1.54, 1.807) is 0 Å². The quantitative estimate of drug-likeness (QED) is 0.514. The normalized spacial score (nSPS) is 29.6. The largest absolute Gasteiger partial charge is 0.496 e. The lowest BCUT2D eigenvalue weighted by Crippen LogP contribution is -2.50. The Hall–Kier alpha value is -2.84. The van der Waals surface area contributed by atoms with Crippen molar-refractivity contribution >= 4 is 17.8 Å². The molecule has 3 fully saturated rings. The van der Waals surface area contributed by atoms with Crippen molar-refractivity contribution in [2.24, 2.45) is 23.7 Å². The van der Waals surface area contributed by atoms with E-state index in [2.05, 4.69) is 10.6 Å². The predicted molar refractivity (Wildman–Crippen MR) is 126 cm³/mol. The molecule has 3 N–H and O–H groups in total. The number of carbonyl (C=O) groups is 3. The Morgan fingerprint density at radius 2 is 1.71 bits per heavy atom. The Bertz CT molecular complexity index is 975. The van der Waals surface area contributed by atoms with Crippen LogP contribution in [0.2, 0.25) is 0 Å². The number of methoxy groups -OCH3 is 1. The van der Waals surface area contributed by atoms with E-state index in [0.717, 1.165) is 25.3 Å². The second-order valence-corrected chi connectivity index (χ2v) is 10.4. The summed E-state index contributed by atoms with van der Waals surface area (Å²) in [5, 5.41) is 15.2. The van der Waals surface area contributed by atoms with Gasteiger partial charge in [-0.2, -0.15) is 0 Å². The van der Waals surface area contributed by atoms with E-state index in [9.17, 15) is 23.9 Å². The topological polar surface area (TPSA) is 114 Å². The van der Waals surface area contributed by atoms with Crippen LogP contribution >= 0.6 is 0 Å². The van der Waals surface area contributed by atoms with Crippen LogP contribution in [0.15, 0.2) is 12.1 Å². The highest BCUT2D eigenvalue weighted by atomic mass is 19.1. The van der Waals surface area contributed by atoms with Gasteiger partial charge in [0.2, 0.25) is 5.91 Å². The maximum absolute atomic E-state index is 14.8. The smallest absolute Gasteiger partial charge is 0.306 e. The lowest BCUT2D eigenvalue weighted by molar-refractivity contribution is -0.143. The zero-order valence-electron chi connectivity index (χ0n) is 20.5. The number of carbonyl (C=O) groups excluding carboxylic acids is 2. The van der Waals surface area contributed by atoms with Gasteiger partial charge in [-0.15, -0.1) is 0 Å². The molecule has 192 valence electrons. The number of rotatable bonds is 8. The average molecular weight is 491 g/mol. The molecular weight excluding hydrogens is 455 g/mol. The van der Waals surface area contributed by atoms with Crippen LogP contribution in [0.4, 0.5) is 4.39 Å². The first-order chi connectivity index (χ1) is 16.7. The van der Waals surface area contributed by atoms with Crippen LogP contribution in [0.1, 0.15) is 69.2 Å². The number of hydrogen-bond donors (Lipinski definition) is 3. The van der Waals surface area contributed by atoms with Gasteiger partial charge in [-0.3, -0.25) is 14.4 Å². The summed E-state index contributed by atoms with van der Waals surface area (Å²) >= 11 is 0. The van der Waals surface area contributed by atoms with Gasteiger partial charge in [-0.05, 0) is 76.7 Å². The van der Waals surface area contributed by atoms with Crippen LogP contribution in [-0.2, 0) is 9.59 Å². The van der Waals surface area contributed by atoms with Gasteiger partial charge in [0.05, 0.1) is 30.6 Å². The minimum absolute atomic E-state index is 0.0143. The molecule has 8 nitrogen and oxygen atoms in total. The summed E-state index contributed by atoms with van der Waals surface area (Å²) in [5.41, 5.74) is 0.147. The fraction of sp³-hybridized carbons (Fsp3) is 0.654. The molecule has 2 amide bonds. The van der Waals surface area contributed by atoms with E-state index in [0.29, 0.717) is 25.7 Å². The highest BCUT2D eigenvalue weighted by Gasteiger charge is 2.51. The van der Waals surface area contributed by atoms with E-state index in [1.165, 1.54) is 13.2 Å². The minimum Gasteiger partial charge on any atom is -0.496 e. The van der Waals surface area contributed by atoms with Crippen LogP contribution in [0.5, 0.6) is 11.5 Å². The van der Waals surface area contributed by atoms with Crippen molar-refractivity contribution < 1.29 is 33.4 Å². The zero-order valence-corrected chi connectivity index (χ0v) is 20.5. The SMILES string of the molecule is COc1cc(F)c(O[C@H]2CC[C@@H](C(=O)O)CC2)cc1C(=O)N[C@@H]1[C@H]2CC[C@H](C2)[C@@H]1C(=O)NC(C)C. The fourth-order valence-corrected chi connectivity index (χ4v) is 6.07. The Labute approximate surface area is 204 Å². The van der Waals surface area contributed by atoms with Gasteiger partial charge in [-0.25, -0.2) is 4.39 Å². The predicted octanol–water partition coefficient (Wildman–Crippen LogP) is 3.53. The number of ether oxygens (including phenoxy) is 2. The summed E-state index contributed by atoms with van der Waals surface area (Å²) in [4.78, 5) is 37.4. The molecule has 0 spiro atoms. The first-order valence-electron chi connectivity index (χ1n) is 12.6. The number of aliphatic carboxylic acids is 1. The molecule has 35 heavy (non-hydrogen) atoms. The number of halogens is 1. The van der Waals surface area contributed by atoms with Crippen molar-refractivity contribution in [1.29, 1.82) is 0 Å². The molecule has 3 aliphatic rings. The summed E-state index contributed by atoms with van der Waals surface area (Å²) in [6.07, 6.45) is 4.48. The number of hydrogen-bond acceptors (Lipinski definition) is 5. The molecular formula is C26H35FN2O6. The van der Waals surface area contributed by atoms with E-state index in [-0.39, 0.29) is 58.9 Å². The van der Waals surface area contributed by atoms with Crippen molar-refractivity contribution in [1.82, 2.24) is 10.6 Å². The van der Waals surface area contributed by atoms with Gasteiger partial charge < -0.3 is 25.2 Å². The molecule has 0 heterocycles. The van der Waals surface area contributed by atoms with Crippen molar-refractivity contribution in [3.05, 3.63) is 23.5 Å². The molecule has 4 rings (SSSR count). The lowest BCUT2D eigenvalue weighted by Gasteiger charge is -2.31. The number of carboxylic acid groups (broad SMARTS) is 1. The molecule has 0 aromatic heterocycles. The zero-order chi connectivity index (χ0) is 25.3. The van der Waals surface area contributed by atoms with Gasteiger partial charge in [0.25, 0.3) is 5.91 Å². The van der Waals surface area contributed by atoms with Gasteiger partial charge in [-0.1, -0.05) is 0 Å². The van der Waals surface area contributed by atoms with Crippen LogP contribution < -0.4 is 20.1 Å². The molecule has 3 saturated carbocycles. The Kier molecular flexibility index (Phi) is 7.52. The third-order valence-electron chi connectivity index (χ3n) is 7.76. The monoisotopic (exact) mass is 490 g/mol. The molecule has 4 atom stereocenters. The van der Waals surface area contributed by atoms with Crippen molar-refractivity contribution in [2.75, 3.05) is 7.11 Å². The second-order valence-electron chi connectivity index (χ2n) is 10.4. The van der Waals surface area contributed by atoms with Crippen LogP contribution in [0, 0.1) is 29.5 Å². The number of amides is 2. The number of benzene rings is 1. The van der Waals surface area contributed by atoms with Gasteiger partial charge in [0.1, 0.15) is 5.75 Å². The van der Waals surface area contributed by atoms with E-state index in [4.69, 9.17) is 9.47 Å². The van der Waals surface area contributed by atoms with Crippen LogP contribution in [0.3, 0.4) is 0 Å². The van der Waals surface area contributed by atoms with Gasteiger partial charge in [0.15, 0.2) is 11.6 Å². The summed E-state index contributed by atoms with van der Waals surface area (Å²) in [7, 11) is 1.37. The van der Waals surface area contributed by atoms with Crippen molar-refractivity contribution in [3.8, 4) is 11.5 Å². The Balaban J connectivity index is 1.50. The third-order valence-corrected chi connectivity index (χ3v) is 7.76. The molecule has 3 aliphatic carbocycles. The maximum Gasteiger partial charge on any atom is 0.306 e. The molecule has 0 saturated heterocycles. The van der Waals surface area contributed by atoms with Crippen LogP contribution in [-0.4, -0.2) is 48.2 Å². The number of nitrogens with one attached hydrogen (secondary N) is 2. The first-order valence-corrected chi connectivity index (χ1v) is 12.6. The van der Waals surface area contributed by atoms with Gasteiger partial charge in [0, 0.05) is 18.2 Å². The molecule has 2 bridgehead atoms.